The minimum Gasteiger partial charge on any atom is -0.392 e. The van der Waals surface area contributed by atoms with Crippen molar-refractivity contribution in [1.82, 2.24) is 9.13 Å². The van der Waals surface area contributed by atoms with E-state index < -0.39 is 0 Å². The molecule has 1 aromatic carbocycles. The van der Waals surface area contributed by atoms with Crippen LogP contribution in [0.2, 0.25) is 0 Å². The molecule has 0 aliphatic rings. The van der Waals surface area contributed by atoms with E-state index in [-0.39, 0.29) is 12.3 Å². The van der Waals surface area contributed by atoms with Gasteiger partial charge in [-0.1, -0.05) is 12.1 Å². The molecule has 4 nitrogen and oxygen atoms in total. The maximum atomic E-state index is 11.6. The molecule has 78 valence electrons. The number of nitrogens with zero attached hydrogens (tertiary/aromatic N) is 2. The molecule has 0 bridgehead atoms. The third-order valence-corrected chi connectivity index (χ3v) is 2.32. The van der Waals surface area contributed by atoms with Gasteiger partial charge in [0.1, 0.15) is 0 Å². The summed E-state index contributed by atoms with van der Waals surface area (Å²) in [7, 11) is 1.70. The van der Waals surface area contributed by atoms with Gasteiger partial charge in [0, 0.05) is 19.4 Å². The molecule has 0 aliphatic heterocycles. The lowest BCUT2D eigenvalue weighted by atomic mass is 10.2. The van der Waals surface area contributed by atoms with Crippen molar-refractivity contribution < 1.29 is 5.11 Å². The first-order valence-corrected chi connectivity index (χ1v) is 4.66. The molecule has 1 aromatic heterocycles. The van der Waals surface area contributed by atoms with Gasteiger partial charge in [0.15, 0.2) is 0 Å². The minimum atomic E-state index is -0.0925. The van der Waals surface area contributed by atoms with Crippen molar-refractivity contribution in [1.29, 1.82) is 0 Å². The van der Waals surface area contributed by atoms with Crippen molar-refractivity contribution >= 4 is 0 Å². The van der Waals surface area contributed by atoms with E-state index in [1.165, 1.54) is 4.57 Å². The summed E-state index contributed by atoms with van der Waals surface area (Å²) in [5.74, 6) is 0. The van der Waals surface area contributed by atoms with Crippen LogP contribution in [0.3, 0.4) is 0 Å². The Balaban J connectivity index is 2.54. The summed E-state index contributed by atoms with van der Waals surface area (Å²) in [6.45, 7) is -0.0184. The fraction of sp³-hybridized carbons (Fsp3) is 0.182. The second kappa shape index (κ2) is 3.74. The van der Waals surface area contributed by atoms with Gasteiger partial charge in [-0.3, -0.25) is 4.57 Å². The van der Waals surface area contributed by atoms with E-state index in [0.717, 1.165) is 11.3 Å². The van der Waals surface area contributed by atoms with Crippen molar-refractivity contribution in [2.45, 2.75) is 6.61 Å². The number of aryl methyl sites for hydroxylation is 1. The number of aromatic nitrogens is 2. The van der Waals surface area contributed by atoms with E-state index in [4.69, 9.17) is 5.11 Å². The van der Waals surface area contributed by atoms with E-state index in [9.17, 15) is 4.79 Å². The molecular formula is C11H12N2O2. The third-order valence-electron chi connectivity index (χ3n) is 2.32. The van der Waals surface area contributed by atoms with Crippen molar-refractivity contribution in [2.24, 2.45) is 7.05 Å². The number of hydrogen-bond acceptors (Lipinski definition) is 2. The highest BCUT2D eigenvalue weighted by Crippen LogP contribution is 2.08. The fourth-order valence-electron chi connectivity index (χ4n) is 1.47. The molecule has 0 spiro atoms. The Bertz CT molecular complexity index is 525. The number of hydrogen-bond donors (Lipinski definition) is 1. The van der Waals surface area contributed by atoms with Gasteiger partial charge in [-0.15, -0.1) is 0 Å². The molecule has 0 amide bonds. The number of aliphatic hydroxyl groups is 1. The van der Waals surface area contributed by atoms with Crippen molar-refractivity contribution in [3.8, 4) is 5.69 Å². The maximum Gasteiger partial charge on any atom is 0.332 e. The Morgan fingerprint density at radius 1 is 1.33 bits per heavy atom. The van der Waals surface area contributed by atoms with Crippen LogP contribution in [0.4, 0.5) is 0 Å². The molecule has 0 saturated carbocycles. The molecule has 0 unspecified atom stereocenters. The number of rotatable bonds is 2. The Hall–Kier alpha value is -1.81. The molecular weight excluding hydrogens is 192 g/mol. The predicted molar refractivity (Wildman–Crippen MR) is 56.9 cm³/mol. The van der Waals surface area contributed by atoms with Gasteiger partial charge in [-0.25, -0.2) is 4.79 Å². The van der Waals surface area contributed by atoms with Gasteiger partial charge < -0.3 is 9.67 Å². The van der Waals surface area contributed by atoms with Gasteiger partial charge in [0.25, 0.3) is 0 Å². The molecule has 2 aromatic rings. The fourth-order valence-corrected chi connectivity index (χ4v) is 1.47. The summed E-state index contributed by atoms with van der Waals surface area (Å²) < 4.78 is 3.05. The molecule has 2 rings (SSSR count). The summed E-state index contributed by atoms with van der Waals surface area (Å²) >= 11 is 0. The van der Waals surface area contributed by atoms with Crippen LogP contribution in [0.15, 0.2) is 41.5 Å². The van der Waals surface area contributed by atoms with Crippen molar-refractivity contribution in [2.75, 3.05) is 0 Å². The second-order valence-corrected chi connectivity index (χ2v) is 3.39. The zero-order valence-corrected chi connectivity index (χ0v) is 8.42. The number of imidazole rings is 1. The quantitative estimate of drug-likeness (QED) is 0.781. The Kier molecular flexibility index (Phi) is 2.43. The Morgan fingerprint density at radius 3 is 2.73 bits per heavy atom. The van der Waals surface area contributed by atoms with Gasteiger partial charge in [-0.2, -0.15) is 0 Å². The van der Waals surface area contributed by atoms with Crippen LogP contribution >= 0.6 is 0 Å². The zero-order chi connectivity index (χ0) is 10.8. The van der Waals surface area contributed by atoms with Crippen LogP contribution in [-0.2, 0) is 13.7 Å². The van der Waals surface area contributed by atoms with Gasteiger partial charge >= 0.3 is 5.69 Å². The molecule has 1 heterocycles. The lowest BCUT2D eigenvalue weighted by Gasteiger charge is -2.02. The van der Waals surface area contributed by atoms with Crippen LogP contribution in [0.25, 0.3) is 5.69 Å². The molecule has 1 N–H and O–H groups in total. The van der Waals surface area contributed by atoms with Gasteiger partial charge in [-0.05, 0) is 17.7 Å². The monoisotopic (exact) mass is 204 g/mol. The van der Waals surface area contributed by atoms with Gasteiger partial charge in [0.05, 0.1) is 12.3 Å². The normalized spacial score (nSPS) is 10.5. The van der Waals surface area contributed by atoms with Crippen LogP contribution in [0.1, 0.15) is 5.56 Å². The molecule has 0 aliphatic carbocycles. The van der Waals surface area contributed by atoms with Crippen molar-refractivity contribution in [3.05, 3.63) is 52.7 Å². The maximum absolute atomic E-state index is 11.6. The minimum absolute atomic E-state index is 0.0184. The highest BCUT2D eigenvalue weighted by molar-refractivity contribution is 5.35. The molecule has 0 fully saturated rings. The molecule has 4 heteroatoms. The van der Waals surface area contributed by atoms with Crippen LogP contribution in [-0.4, -0.2) is 14.2 Å². The lowest BCUT2D eigenvalue weighted by molar-refractivity contribution is 0.282. The predicted octanol–water partition coefficient (Wildman–Crippen LogP) is 0.668. The number of benzene rings is 1. The van der Waals surface area contributed by atoms with E-state index in [1.807, 2.05) is 18.2 Å². The van der Waals surface area contributed by atoms with E-state index >= 15 is 0 Å². The lowest BCUT2D eigenvalue weighted by Crippen LogP contribution is -2.20. The Morgan fingerprint density at radius 2 is 2.13 bits per heavy atom. The first kappa shape index (κ1) is 9.73. The smallest absolute Gasteiger partial charge is 0.332 e. The molecule has 0 radical (unpaired) electrons. The topological polar surface area (TPSA) is 47.2 Å². The third kappa shape index (κ3) is 1.71. The zero-order valence-electron chi connectivity index (χ0n) is 8.42. The van der Waals surface area contributed by atoms with Crippen LogP contribution < -0.4 is 5.69 Å². The van der Waals surface area contributed by atoms with Crippen LogP contribution in [0.5, 0.6) is 0 Å². The largest absolute Gasteiger partial charge is 0.392 e. The molecule has 0 atom stereocenters. The first-order valence-electron chi connectivity index (χ1n) is 4.66. The SMILES string of the molecule is Cn1ccn(-c2cccc(CO)c2)c1=O. The average molecular weight is 204 g/mol. The van der Waals surface area contributed by atoms with Gasteiger partial charge in [0.2, 0.25) is 0 Å². The average Bonchev–Trinajstić information content (AvgIpc) is 2.60. The van der Waals surface area contributed by atoms with E-state index in [0.29, 0.717) is 0 Å². The first-order chi connectivity index (χ1) is 7.22. The highest BCUT2D eigenvalue weighted by atomic mass is 16.3. The summed E-state index contributed by atoms with van der Waals surface area (Å²) in [5.41, 5.74) is 1.47. The summed E-state index contributed by atoms with van der Waals surface area (Å²) in [6.07, 6.45) is 3.41. The summed E-state index contributed by atoms with van der Waals surface area (Å²) in [5, 5.41) is 8.99. The summed E-state index contributed by atoms with van der Waals surface area (Å²) in [4.78, 5) is 11.6. The van der Waals surface area contributed by atoms with Crippen LogP contribution in [0, 0.1) is 0 Å². The number of aliphatic hydroxyl groups excluding tert-OH is 1. The Labute approximate surface area is 87.0 Å². The van der Waals surface area contributed by atoms with Crippen molar-refractivity contribution in [3.63, 3.8) is 0 Å². The van der Waals surface area contributed by atoms with E-state index in [1.54, 1.807) is 30.1 Å². The molecule has 15 heavy (non-hydrogen) atoms. The summed E-state index contributed by atoms with van der Waals surface area (Å²) in [6, 6.07) is 7.26. The molecule has 0 saturated heterocycles. The second-order valence-electron chi connectivity index (χ2n) is 3.39. The van der Waals surface area contributed by atoms with E-state index in [2.05, 4.69) is 0 Å². The standard InChI is InChI=1S/C11H12N2O2/c1-12-5-6-13(11(12)15)10-4-2-3-9(7-10)8-14/h2-7,14H,8H2,1H3. The highest BCUT2D eigenvalue weighted by Gasteiger charge is 2.02.